The summed E-state index contributed by atoms with van der Waals surface area (Å²) in [6.45, 7) is 1.93. The molecule has 2 aromatic rings. The average molecular weight is 248 g/mol. The van der Waals surface area contributed by atoms with Crippen molar-refractivity contribution in [2.24, 2.45) is 0 Å². The lowest BCUT2D eigenvalue weighted by molar-refractivity contribution is 0.178. The normalized spacial score (nSPS) is 12.4. The molecule has 1 unspecified atom stereocenters. The highest BCUT2D eigenvalue weighted by Gasteiger charge is 2.13. The van der Waals surface area contributed by atoms with Crippen molar-refractivity contribution in [1.29, 1.82) is 0 Å². The first-order valence-electron chi connectivity index (χ1n) is 5.50. The molecule has 1 heterocycles. The summed E-state index contributed by atoms with van der Waals surface area (Å²) < 4.78 is 0. The Balaban J connectivity index is 2.20. The molecule has 2 nitrogen and oxygen atoms in total. The van der Waals surface area contributed by atoms with Gasteiger partial charge in [-0.1, -0.05) is 35.9 Å². The van der Waals surface area contributed by atoms with Gasteiger partial charge in [-0.2, -0.15) is 0 Å². The Bertz CT molecular complexity index is 499. The summed E-state index contributed by atoms with van der Waals surface area (Å²) in [6, 6.07) is 9.50. The summed E-state index contributed by atoms with van der Waals surface area (Å²) in [5.41, 5.74) is 2.75. The van der Waals surface area contributed by atoms with E-state index in [2.05, 4.69) is 4.98 Å². The van der Waals surface area contributed by atoms with Gasteiger partial charge in [-0.3, -0.25) is 4.98 Å². The number of pyridine rings is 1. The van der Waals surface area contributed by atoms with Crippen LogP contribution in [0.5, 0.6) is 0 Å². The number of hydrogen-bond acceptors (Lipinski definition) is 2. The van der Waals surface area contributed by atoms with Gasteiger partial charge in [0.25, 0.3) is 0 Å². The maximum Gasteiger partial charge on any atom is 0.0845 e. The topological polar surface area (TPSA) is 33.1 Å². The second-order valence-corrected chi connectivity index (χ2v) is 4.44. The SMILES string of the molecule is Cc1cccc(C(O)Cc2cccnc2)c1Cl. The van der Waals surface area contributed by atoms with E-state index in [1.807, 2.05) is 37.3 Å². The van der Waals surface area contributed by atoms with Gasteiger partial charge in [0.1, 0.15) is 0 Å². The molecule has 88 valence electrons. The van der Waals surface area contributed by atoms with Crippen molar-refractivity contribution in [1.82, 2.24) is 4.98 Å². The molecule has 17 heavy (non-hydrogen) atoms. The van der Waals surface area contributed by atoms with Crippen molar-refractivity contribution in [3.63, 3.8) is 0 Å². The highest BCUT2D eigenvalue weighted by molar-refractivity contribution is 6.32. The van der Waals surface area contributed by atoms with Gasteiger partial charge in [0.05, 0.1) is 6.10 Å². The molecular formula is C14H14ClNO. The van der Waals surface area contributed by atoms with Gasteiger partial charge >= 0.3 is 0 Å². The number of aliphatic hydroxyl groups excluding tert-OH is 1. The van der Waals surface area contributed by atoms with E-state index in [0.717, 1.165) is 16.7 Å². The molecule has 0 radical (unpaired) electrons. The molecule has 0 aliphatic carbocycles. The zero-order chi connectivity index (χ0) is 12.3. The average Bonchev–Trinajstić information content (AvgIpc) is 2.34. The number of aromatic nitrogens is 1. The van der Waals surface area contributed by atoms with Crippen molar-refractivity contribution < 1.29 is 5.11 Å². The van der Waals surface area contributed by atoms with Crippen LogP contribution in [0.1, 0.15) is 22.8 Å². The monoisotopic (exact) mass is 247 g/mol. The fourth-order valence-corrected chi connectivity index (χ4v) is 2.03. The first kappa shape index (κ1) is 12.1. The number of aliphatic hydroxyl groups is 1. The Morgan fingerprint density at radius 3 is 2.82 bits per heavy atom. The number of halogens is 1. The van der Waals surface area contributed by atoms with Crippen molar-refractivity contribution >= 4 is 11.6 Å². The third kappa shape index (κ3) is 2.84. The van der Waals surface area contributed by atoms with Crippen molar-refractivity contribution in [2.75, 3.05) is 0 Å². The van der Waals surface area contributed by atoms with Crippen LogP contribution in [-0.2, 0) is 6.42 Å². The molecule has 2 rings (SSSR count). The standard InChI is InChI=1S/C14H14ClNO/c1-10-4-2-6-12(14(10)15)13(17)8-11-5-3-7-16-9-11/h2-7,9,13,17H,8H2,1H3. The van der Waals surface area contributed by atoms with Gasteiger partial charge in [-0.05, 0) is 29.7 Å². The lowest BCUT2D eigenvalue weighted by Crippen LogP contribution is -2.03. The van der Waals surface area contributed by atoms with Crippen LogP contribution in [0.15, 0.2) is 42.7 Å². The van der Waals surface area contributed by atoms with Crippen LogP contribution in [0.25, 0.3) is 0 Å². The van der Waals surface area contributed by atoms with Gasteiger partial charge < -0.3 is 5.11 Å². The van der Waals surface area contributed by atoms with Crippen LogP contribution < -0.4 is 0 Å². The van der Waals surface area contributed by atoms with E-state index >= 15 is 0 Å². The Morgan fingerprint density at radius 2 is 2.12 bits per heavy atom. The maximum atomic E-state index is 10.2. The molecule has 0 saturated heterocycles. The van der Waals surface area contributed by atoms with Gasteiger partial charge in [-0.25, -0.2) is 0 Å². The molecule has 0 aliphatic rings. The predicted octanol–water partition coefficient (Wildman–Crippen LogP) is 3.32. The van der Waals surface area contributed by atoms with Crippen LogP contribution >= 0.6 is 11.6 Å². The van der Waals surface area contributed by atoms with E-state index in [-0.39, 0.29) is 0 Å². The fourth-order valence-electron chi connectivity index (χ4n) is 1.78. The van der Waals surface area contributed by atoms with Crippen LogP contribution in [0, 0.1) is 6.92 Å². The van der Waals surface area contributed by atoms with E-state index in [4.69, 9.17) is 11.6 Å². The van der Waals surface area contributed by atoms with Crippen LogP contribution in [0.4, 0.5) is 0 Å². The molecule has 1 aromatic heterocycles. The molecule has 0 saturated carbocycles. The zero-order valence-electron chi connectivity index (χ0n) is 9.60. The minimum Gasteiger partial charge on any atom is -0.388 e. The molecule has 1 aromatic carbocycles. The maximum absolute atomic E-state index is 10.2. The molecule has 0 amide bonds. The molecule has 0 fully saturated rings. The second-order valence-electron chi connectivity index (χ2n) is 4.06. The summed E-state index contributed by atoms with van der Waals surface area (Å²) in [7, 11) is 0. The fraction of sp³-hybridized carbons (Fsp3) is 0.214. The number of aryl methyl sites for hydroxylation is 1. The quantitative estimate of drug-likeness (QED) is 0.903. The third-order valence-corrected chi connectivity index (χ3v) is 3.25. The van der Waals surface area contributed by atoms with Crippen molar-refractivity contribution in [3.05, 3.63) is 64.4 Å². The highest BCUT2D eigenvalue weighted by atomic mass is 35.5. The second kappa shape index (κ2) is 5.30. The summed E-state index contributed by atoms with van der Waals surface area (Å²) in [5.74, 6) is 0. The molecule has 0 spiro atoms. The molecule has 0 aliphatic heterocycles. The summed E-state index contributed by atoms with van der Waals surface area (Å²) in [5, 5.41) is 10.8. The van der Waals surface area contributed by atoms with Crippen LogP contribution in [-0.4, -0.2) is 10.1 Å². The lowest BCUT2D eigenvalue weighted by atomic mass is 10.0. The van der Waals surface area contributed by atoms with Gasteiger partial charge in [-0.15, -0.1) is 0 Å². The zero-order valence-corrected chi connectivity index (χ0v) is 10.4. The largest absolute Gasteiger partial charge is 0.388 e. The molecule has 1 N–H and O–H groups in total. The molecular weight excluding hydrogens is 234 g/mol. The molecule has 3 heteroatoms. The van der Waals surface area contributed by atoms with Crippen molar-refractivity contribution in [2.45, 2.75) is 19.4 Å². The minimum absolute atomic E-state index is 0.525. The van der Waals surface area contributed by atoms with Crippen molar-refractivity contribution in [3.8, 4) is 0 Å². The lowest BCUT2D eigenvalue weighted by Gasteiger charge is -2.13. The van der Waals surface area contributed by atoms with Gasteiger partial charge in [0, 0.05) is 23.8 Å². The summed E-state index contributed by atoms with van der Waals surface area (Å²) in [4.78, 5) is 4.03. The van der Waals surface area contributed by atoms with E-state index in [0.29, 0.717) is 11.4 Å². The van der Waals surface area contributed by atoms with Gasteiger partial charge in [0.15, 0.2) is 0 Å². The molecule has 0 bridgehead atoms. The highest BCUT2D eigenvalue weighted by Crippen LogP contribution is 2.27. The number of benzene rings is 1. The van der Waals surface area contributed by atoms with Gasteiger partial charge in [0.2, 0.25) is 0 Å². The number of rotatable bonds is 3. The Morgan fingerprint density at radius 1 is 1.29 bits per heavy atom. The third-order valence-electron chi connectivity index (χ3n) is 2.73. The number of hydrogen-bond donors (Lipinski definition) is 1. The summed E-state index contributed by atoms with van der Waals surface area (Å²) in [6.07, 6.45) is 3.41. The first-order valence-corrected chi connectivity index (χ1v) is 5.88. The van der Waals surface area contributed by atoms with E-state index in [1.54, 1.807) is 12.4 Å². The molecule has 1 atom stereocenters. The Labute approximate surface area is 106 Å². The Kier molecular flexibility index (Phi) is 3.77. The Hall–Kier alpha value is -1.38. The first-order chi connectivity index (χ1) is 8.18. The minimum atomic E-state index is -0.591. The number of nitrogens with zero attached hydrogens (tertiary/aromatic N) is 1. The van der Waals surface area contributed by atoms with E-state index < -0.39 is 6.10 Å². The predicted molar refractivity (Wildman–Crippen MR) is 69.1 cm³/mol. The van der Waals surface area contributed by atoms with Crippen LogP contribution in [0.3, 0.4) is 0 Å². The van der Waals surface area contributed by atoms with Crippen LogP contribution in [0.2, 0.25) is 5.02 Å². The van der Waals surface area contributed by atoms with E-state index in [1.165, 1.54) is 0 Å². The smallest absolute Gasteiger partial charge is 0.0845 e. The van der Waals surface area contributed by atoms with E-state index in [9.17, 15) is 5.11 Å². The summed E-state index contributed by atoms with van der Waals surface area (Å²) >= 11 is 6.18.